The van der Waals surface area contributed by atoms with Crippen LogP contribution < -0.4 is 15.5 Å². The van der Waals surface area contributed by atoms with Gasteiger partial charge in [0.25, 0.3) is 0 Å². The van der Waals surface area contributed by atoms with Gasteiger partial charge in [0.15, 0.2) is 5.82 Å². The first-order valence-electron chi connectivity index (χ1n) is 12.5. The van der Waals surface area contributed by atoms with E-state index in [-0.39, 0.29) is 17.9 Å². The van der Waals surface area contributed by atoms with Crippen LogP contribution in [0.4, 0.5) is 26.8 Å². The van der Waals surface area contributed by atoms with Crippen molar-refractivity contribution in [2.24, 2.45) is 0 Å². The highest BCUT2D eigenvalue weighted by atomic mass is 19.1. The number of nitrogens with one attached hydrogen (secondary N) is 3. The third-order valence-corrected chi connectivity index (χ3v) is 6.42. The van der Waals surface area contributed by atoms with Crippen LogP contribution in [0.3, 0.4) is 0 Å². The second kappa shape index (κ2) is 10.8. The number of rotatable bonds is 6. The lowest BCUT2D eigenvalue weighted by molar-refractivity contribution is 0.191. The molecule has 0 aliphatic carbocycles. The summed E-state index contributed by atoms with van der Waals surface area (Å²) < 4.78 is 13.2. The van der Waals surface area contributed by atoms with Gasteiger partial charge in [-0.1, -0.05) is 6.07 Å². The topological polar surface area (TPSA) is 115 Å². The van der Waals surface area contributed by atoms with E-state index in [0.717, 1.165) is 28.2 Å². The van der Waals surface area contributed by atoms with Gasteiger partial charge in [0.05, 0.1) is 11.7 Å². The number of halogens is 1. The highest BCUT2D eigenvalue weighted by molar-refractivity contribution is 5.75. The Morgan fingerprint density at radius 3 is 2.42 bits per heavy atom. The second-order valence-corrected chi connectivity index (χ2v) is 9.38. The molecule has 196 valence electrons. The number of carbonyl (C=O) groups is 1. The Hall–Kier alpha value is -4.54. The van der Waals surface area contributed by atoms with E-state index >= 15 is 0 Å². The summed E-state index contributed by atoms with van der Waals surface area (Å²) in [4.78, 5) is 30.6. The molecule has 11 heteroatoms. The number of hydrogen-bond acceptors (Lipinski definition) is 7. The number of nitrogens with zero attached hydrogens (tertiary/aromatic N) is 6. The van der Waals surface area contributed by atoms with Crippen LogP contribution in [-0.4, -0.2) is 62.3 Å². The number of anilines is 3. The molecular formula is C27H30FN9O. The molecule has 2 amide bonds. The van der Waals surface area contributed by atoms with E-state index in [1.807, 2.05) is 45.0 Å². The molecule has 1 atom stereocenters. The molecule has 3 N–H and O–H groups in total. The van der Waals surface area contributed by atoms with Gasteiger partial charge >= 0.3 is 6.03 Å². The lowest BCUT2D eigenvalue weighted by atomic mass is 10.1. The van der Waals surface area contributed by atoms with Crippen molar-refractivity contribution in [2.75, 3.05) is 36.4 Å². The van der Waals surface area contributed by atoms with Crippen molar-refractivity contribution in [1.29, 1.82) is 0 Å². The van der Waals surface area contributed by atoms with Crippen LogP contribution in [0.2, 0.25) is 0 Å². The Morgan fingerprint density at radius 2 is 1.76 bits per heavy atom. The zero-order chi connectivity index (χ0) is 26.6. The maximum Gasteiger partial charge on any atom is 0.317 e. The maximum atomic E-state index is 13.2. The summed E-state index contributed by atoms with van der Waals surface area (Å²) in [6, 6.07) is 13.5. The number of carbonyl (C=O) groups excluding carboxylic acids is 1. The Morgan fingerprint density at radius 1 is 1.00 bits per heavy atom. The van der Waals surface area contributed by atoms with Gasteiger partial charge in [-0.2, -0.15) is 10.1 Å². The molecule has 1 aromatic carbocycles. The first kappa shape index (κ1) is 25.1. The molecule has 1 aliphatic rings. The zero-order valence-electron chi connectivity index (χ0n) is 21.6. The SMILES string of the molecule is Cc1cc(Nc2cc(C)[nH]n2)nc(N2CCN(C(=O)NC(C)c3ccc(-c4ccc(F)cc4)nc3)CC2)n1. The van der Waals surface area contributed by atoms with Gasteiger partial charge in [0.1, 0.15) is 11.6 Å². The summed E-state index contributed by atoms with van der Waals surface area (Å²) in [5, 5.41) is 13.4. The predicted molar refractivity (Wildman–Crippen MR) is 144 cm³/mol. The molecule has 38 heavy (non-hydrogen) atoms. The van der Waals surface area contributed by atoms with Crippen LogP contribution in [0, 0.1) is 19.7 Å². The molecule has 1 saturated heterocycles. The number of urea groups is 1. The molecule has 0 saturated carbocycles. The van der Waals surface area contributed by atoms with E-state index in [1.54, 1.807) is 23.2 Å². The Kier molecular flexibility index (Phi) is 7.16. The standard InChI is InChI=1S/C27H30FN9O/c1-17-14-24(32-25-15-18(2)34-35-25)33-26(30-17)36-10-12-37(13-11-36)27(38)31-19(3)21-6-9-23(29-16-21)20-4-7-22(28)8-5-20/h4-9,14-16,19H,10-13H2,1-3H3,(H,31,38)(H2,30,32,33,34,35). The van der Waals surface area contributed by atoms with E-state index < -0.39 is 0 Å². The second-order valence-electron chi connectivity index (χ2n) is 9.38. The number of aryl methyl sites for hydroxylation is 2. The van der Waals surface area contributed by atoms with Gasteiger partial charge in [-0.15, -0.1) is 0 Å². The Bertz CT molecular complexity index is 1400. The van der Waals surface area contributed by atoms with Crippen molar-refractivity contribution < 1.29 is 9.18 Å². The fourth-order valence-corrected chi connectivity index (χ4v) is 4.29. The molecule has 0 bridgehead atoms. The first-order chi connectivity index (χ1) is 18.3. The maximum absolute atomic E-state index is 13.2. The highest BCUT2D eigenvalue weighted by Crippen LogP contribution is 2.21. The van der Waals surface area contributed by atoms with Crippen LogP contribution in [0.15, 0.2) is 54.7 Å². The first-order valence-corrected chi connectivity index (χ1v) is 12.5. The fraction of sp³-hybridized carbons (Fsp3) is 0.296. The van der Waals surface area contributed by atoms with Crippen molar-refractivity contribution in [3.63, 3.8) is 0 Å². The molecule has 0 radical (unpaired) electrons. The number of hydrogen-bond donors (Lipinski definition) is 3. The number of aromatic amines is 1. The predicted octanol–water partition coefficient (Wildman–Crippen LogP) is 4.35. The molecule has 3 aromatic heterocycles. The molecule has 1 aliphatic heterocycles. The fourth-order valence-electron chi connectivity index (χ4n) is 4.29. The van der Waals surface area contributed by atoms with E-state index in [0.29, 0.717) is 43.8 Å². The number of amides is 2. The van der Waals surface area contributed by atoms with E-state index in [4.69, 9.17) is 0 Å². The molecule has 1 unspecified atom stereocenters. The van der Waals surface area contributed by atoms with Crippen molar-refractivity contribution in [3.05, 3.63) is 77.5 Å². The number of H-pyrrole nitrogens is 1. The molecule has 4 heterocycles. The monoisotopic (exact) mass is 515 g/mol. The van der Waals surface area contributed by atoms with Crippen LogP contribution >= 0.6 is 0 Å². The molecule has 4 aromatic rings. The normalized spacial score (nSPS) is 14.3. The molecule has 0 spiro atoms. The third kappa shape index (κ3) is 5.88. The largest absolute Gasteiger partial charge is 0.337 e. The van der Waals surface area contributed by atoms with Crippen LogP contribution in [0.25, 0.3) is 11.3 Å². The summed E-state index contributed by atoms with van der Waals surface area (Å²) in [7, 11) is 0. The molecule has 1 fully saturated rings. The summed E-state index contributed by atoms with van der Waals surface area (Å²) in [5.74, 6) is 1.71. The van der Waals surface area contributed by atoms with Crippen molar-refractivity contribution >= 4 is 23.6 Å². The number of benzene rings is 1. The number of aromatic nitrogens is 5. The van der Waals surface area contributed by atoms with Crippen LogP contribution in [0.1, 0.15) is 29.9 Å². The number of pyridine rings is 1. The van der Waals surface area contributed by atoms with Gasteiger partial charge in [-0.25, -0.2) is 14.2 Å². The average molecular weight is 516 g/mol. The van der Waals surface area contributed by atoms with Crippen LogP contribution in [-0.2, 0) is 0 Å². The Balaban J connectivity index is 1.15. The minimum absolute atomic E-state index is 0.124. The van der Waals surface area contributed by atoms with Crippen LogP contribution in [0.5, 0.6) is 0 Å². The molecule has 10 nitrogen and oxygen atoms in total. The quantitative estimate of drug-likeness (QED) is 0.350. The lowest BCUT2D eigenvalue weighted by Crippen LogP contribution is -2.52. The zero-order valence-corrected chi connectivity index (χ0v) is 21.6. The van der Waals surface area contributed by atoms with Gasteiger partial charge in [-0.3, -0.25) is 10.1 Å². The van der Waals surface area contributed by atoms with E-state index in [9.17, 15) is 9.18 Å². The average Bonchev–Trinajstić information content (AvgIpc) is 3.33. The van der Waals surface area contributed by atoms with Crippen molar-refractivity contribution in [2.45, 2.75) is 26.8 Å². The van der Waals surface area contributed by atoms with Gasteiger partial charge < -0.3 is 20.4 Å². The van der Waals surface area contributed by atoms with Gasteiger partial charge in [-0.05, 0) is 56.7 Å². The number of piperazine rings is 1. The minimum Gasteiger partial charge on any atom is -0.337 e. The third-order valence-electron chi connectivity index (χ3n) is 6.42. The van der Waals surface area contributed by atoms with E-state index in [1.165, 1.54) is 12.1 Å². The van der Waals surface area contributed by atoms with E-state index in [2.05, 4.69) is 40.7 Å². The minimum atomic E-state index is -0.282. The van der Waals surface area contributed by atoms with Gasteiger partial charge in [0.2, 0.25) is 5.95 Å². The van der Waals surface area contributed by atoms with Gasteiger partial charge in [0, 0.05) is 61.5 Å². The van der Waals surface area contributed by atoms with Crippen molar-refractivity contribution in [3.8, 4) is 11.3 Å². The smallest absolute Gasteiger partial charge is 0.317 e. The summed E-state index contributed by atoms with van der Waals surface area (Å²) in [6.07, 6.45) is 1.74. The molecular weight excluding hydrogens is 485 g/mol. The van der Waals surface area contributed by atoms with Crippen molar-refractivity contribution in [1.82, 2.24) is 35.4 Å². The lowest BCUT2D eigenvalue weighted by Gasteiger charge is -2.35. The molecule has 5 rings (SSSR count). The summed E-state index contributed by atoms with van der Waals surface area (Å²) in [5.41, 5.74) is 4.28. The Labute approximate surface area is 220 Å². The highest BCUT2D eigenvalue weighted by Gasteiger charge is 2.24. The summed E-state index contributed by atoms with van der Waals surface area (Å²) in [6.45, 7) is 8.16. The summed E-state index contributed by atoms with van der Waals surface area (Å²) >= 11 is 0.